The van der Waals surface area contributed by atoms with Crippen LogP contribution in [0.1, 0.15) is 18.4 Å². The van der Waals surface area contributed by atoms with E-state index in [9.17, 15) is 22.8 Å². The summed E-state index contributed by atoms with van der Waals surface area (Å²) in [6.45, 7) is -0.0915. The molecule has 0 spiro atoms. The number of nitrogens with zero attached hydrogens (tertiary/aromatic N) is 3. The molecule has 3 heterocycles. The average Bonchev–Trinajstić information content (AvgIpc) is 2.84. The number of amides is 3. The fourth-order valence-electron chi connectivity index (χ4n) is 3.20. The van der Waals surface area contributed by atoms with Crippen LogP contribution in [0.4, 0.5) is 4.79 Å². The van der Waals surface area contributed by atoms with Crippen molar-refractivity contribution in [2.24, 2.45) is 0 Å². The molecule has 1 aromatic rings. The molecule has 0 radical (unpaired) electrons. The molecule has 2 aliphatic heterocycles. The van der Waals surface area contributed by atoms with Gasteiger partial charge in [-0.1, -0.05) is 0 Å². The standard InChI is InChI=1S/C15H18N4O7S/c20-12(7-10-3-5-16-6-4-10)8-17-14(21)13-2-1-11-9-18(13)15(22)19(11)26-27(23,24)25/h3-6,11,13H,1-2,7-9H2,(H,17,21)(H,23,24,25)/t11-,13+/m1/s1. The predicted octanol–water partition coefficient (Wildman–Crippen LogP) is -0.688. The number of nitrogens with one attached hydrogen (secondary N) is 1. The third-order valence-electron chi connectivity index (χ3n) is 4.41. The highest BCUT2D eigenvalue weighted by molar-refractivity contribution is 7.80. The van der Waals surface area contributed by atoms with Crippen molar-refractivity contribution in [2.45, 2.75) is 31.3 Å². The zero-order chi connectivity index (χ0) is 19.6. The van der Waals surface area contributed by atoms with E-state index < -0.39 is 34.4 Å². The molecule has 2 aliphatic rings. The van der Waals surface area contributed by atoms with Gasteiger partial charge in [-0.25, -0.2) is 4.79 Å². The van der Waals surface area contributed by atoms with Crippen LogP contribution in [-0.2, 0) is 30.7 Å². The van der Waals surface area contributed by atoms with E-state index in [1.807, 2.05) is 0 Å². The van der Waals surface area contributed by atoms with Crippen LogP contribution in [0.25, 0.3) is 0 Å². The highest BCUT2D eigenvalue weighted by atomic mass is 32.3. The Hall–Kier alpha value is -2.57. The molecule has 146 valence electrons. The van der Waals surface area contributed by atoms with Gasteiger partial charge in [0.2, 0.25) is 5.91 Å². The van der Waals surface area contributed by atoms with Crippen molar-refractivity contribution in [1.29, 1.82) is 0 Å². The molecule has 0 saturated carbocycles. The minimum Gasteiger partial charge on any atom is -0.347 e. The summed E-state index contributed by atoms with van der Waals surface area (Å²) < 4.78 is 34.8. The van der Waals surface area contributed by atoms with E-state index in [0.29, 0.717) is 11.5 Å². The lowest BCUT2D eigenvalue weighted by Gasteiger charge is -2.29. The highest BCUT2D eigenvalue weighted by Crippen LogP contribution is 2.30. The molecular weight excluding hydrogens is 380 g/mol. The zero-order valence-electron chi connectivity index (χ0n) is 14.1. The third kappa shape index (κ3) is 4.59. The SMILES string of the molecule is O=C(CNC(=O)[C@@H]1CC[C@@H]2CN1C(=O)N2OS(=O)(=O)O)Cc1ccncc1. The lowest BCUT2D eigenvalue weighted by atomic mass is 10.0. The summed E-state index contributed by atoms with van der Waals surface area (Å²) in [6, 6.07) is 1.18. The van der Waals surface area contributed by atoms with Gasteiger partial charge in [-0.3, -0.25) is 19.1 Å². The van der Waals surface area contributed by atoms with E-state index in [2.05, 4.69) is 14.6 Å². The third-order valence-corrected chi connectivity index (χ3v) is 4.76. The number of urea groups is 1. The van der Waals surface area contributed by atoms with Crippen LogP contribution in [0.5, 0.6) is 0 Å². The normalized spacial score (nSPS) is 22.0. The molecule has 1 aromatic heterocycles. The molecule has 2 fully saturated rings. The molecule has 2 saturated heterocycles. The van der Waals surface area contributed by atoms with Gasteiger partial charge in [0.15, 0.2) is 5.78 Å². The Bertz CT molecular complexity index is 845. The minimum absolute atomic E-state index is 0.0946. The van der Waals surface area contributed by atoms with Gasteiger partial charge in [-0.15, -0.1) is 4.28 Å². The first-order valence-electron chi connectivity index (χ1n) is 8.20. The number of hydrogen-bond donors (Lipinski definition) is 2. The maximum Gasteiger partial charge on any atom is 0.418 e. The van der Waals surface area contributed by atoms with Crippen LogP contribution < -0.4 is 5.32 Å². The Labute approximate surface area is 155 Å². The Morgan fingerprint density at radius 3 is 2.67 bits per heavy atom. The smallest absolute Gasteiger partial charge is 0.347 e. The molecule has 0 unspecified atom stereocenters. The molecule has 27 heavy (non-hydrogen) atoms. The van der Waals surface area contributed by atoms with Crippen molar-refractivity contribution in [2.75, 3.05) is 13.1 Å². The molecular formula is C15H18N4O7S. The monoisotopic (exact) mass is 398 g/mol. The van der Waals surface area contributed by atoms with Crippen molar-refractivity contribution in [1.82, 2.24) is 20.3 Å². The van der Waals surface area contributed by atoms with E-state index >= 15 is 0 Å². The fraction of sp³-hybridized carbons (Fsp3) is 0.467. The predicted molar refractivity (Wildman–Crippen MR) is 89.3 cm³/mol. The fourth-order valence-corrected chi connectivity index (χ4v) is 3.59. The molecule has 2 bridgehead atoms. The van der Waals surface area contributed by atoms with E-state index in [0.717, 1.165) is 5.56 Å². The first kappa shape index (κ1) is 19.2. The molecule has 0 aliphatic carbocycles. The van der Waals surface area contributed by atoms with Crippen LogP contribution in [0.2, 0.25) is 0 Å². The van der Waals surface area contributed by atoms with Crippen LogP contribution >= 0.6 is 0 Å². The number of rotatable bonds is 7. The Morgan fingerprint density at radius 2 is 2.00 bits per heavy atom. The number of hydroxylamine groups is 2. The minimum atomic E-state index is -4.84. The number of pyridine rings is 1. The van der Waals surface area contributed by atoms with E-state index in [4.69, 9.17) is 4.55 Å². The van der Waals surface area contributed by atoms with Crippen LogP contribution in [0, 0.1) is 0 Å². The van der Waals surface area contributed by atoms with Crippen molar-refractivity contribution < 1.29 is 31.6 Å². The highest BCUT2D eigenvalue weighted by Gasteiger charge is 2.49. The number of piperidine rings is 1. The Kier molecular flexibility index (Phi) is 5.39. The number of ketones is 1. The van der Waals surface area contributed by atoms with Crippen LogP contribution in [-0.4, -0.2) is 70.8 Å². The average molecular weight is 398 g/mol. The second kappa shape index (κ2) is 7.58. The molecule has 0 aromatic carbocycles. The number of hydrogen-bond acceptors (Lipinski definition) is 7. The maximum atomic E-state index is 12.4. The number of fused-ring (bicyclic) bond motifs is 2. The Balaban J connectivity index is 1.55. The Morgan fingerprint density at radius 1 is 1.30 bits per heavy atom. The van der Waals surface area contributed by atoms with E-state index in [1.165, 1.54) is 4.90 Å². The summed E-state index contributed by atoms with van der Waals surface area (Å²) in [4.78, 5) is 41.7. The molecule has 2 atom stereocenters. The number of Topliss-reactive ketones (excluding diaryl/α,β-unsaturated/α-hetero) is 1. The van der Waals surface area contributed by atoms with Crippen molar-refractivity contribution in [3.8, 4) is 0 Å². The lowest BCUT2D eigenvalue weighted by Crippen LogP contribution is -2.50. The second-order valence-electron chi connectivity index (χ2n) is 6.30. The van der Waals surface area contributed by atoms with Crippen molar-refractivity contribution >= 4 is 28.1 Å². The van der Waals surface area contributed by atoms with Gasteiger partial charge in [-0.05, 0) is 30.5 Å². The van der Waals surface area contributed by atoms with Gasteiger partial charge in [0.25, 0.3) is 0 Å². The summed E-state index contributed by atoms with van der Waals surface area (Å²) in [5.41, 5.74) is 0.775. The number of carbonyl (C=O) groups excluding carboxylic acids is 3. The van der Waals surface area contributed by atoms with Gasteiger partial charge in [0.05, 0.1) is 12.6 Å². The second-order valence-corrected chi connectivity index (χ2v) is 7.30. The van der Waals surface area contributed by atoms with Gasteiger partial charge in [0, 0.05) is 25.4 Å². The summed E-state index contributed by atoms with van der Waals surface area (Å²) in [6.07, 6.45) is 3.89. The van der Waals surface area contributed by atoms with Gasteiger partial charge in [0.1, 0.15) is 6.04 Å². The number of aromatic nitrogens is 1. The lowest BCUT2D eigenvalue weighted by molar-refractivity contribution is -0.128. The largest absolute Gasteiger partial charge is 0.418 e. The van der Waals surface area contributed by atoms with Gasteiger partial charge >= 0.3 is 16.4 Å². The van der Waals surface area contributed by atoms with Crippen molar-refractivity contribution in [3.05, 3.63) is 30.1 Å². The quantitative estimate of drug-likeness (QED) is 0.574. The van der Waals surface area contributed by atoms with Gasteiger partial charge in [-0.2, -0.15) is 13.5 Å². The molecule has 12 heteroatoms. The summed E-state index contributed by atoms with van der Waals surface area (Å²) in [5.74, 6) is -0.703. The van der Waals surface area contributed by atoms with Crippen molar-refractivity contribution in [3.63, 3.8) is 0 Å². The first-order chi connectivity index (χ1) is 12.7. The molecule has 3 amide bonds. The van der Waals surface area contributed by atoms with E-state index in [1.54, 1.807) is 24.5 Å². The number of carbonyl (C=O) groups is 3. The molecule has 11 nitrogen and oxygen atoms in total. The summed E-state index contributed by atoms with van der Waals surface area (Å²) >= 11 is 0. The maximum absolute atomic E-state index is 12.4. The molecule has 2 N–H and O–H groups in total. The molecule has 3 rings (SSSR count). The van der Waals surface area contributed by atoms with Crippen LogP contribution in [0.15, 0.2) is 24.5 Å². The van der Waals surface area contributed by atoms with Crippen LogP contribution in [0.3, 0.4) is 0 Å². The first-order valence-corrected chi connectivity index (χ1v) is 9.56. The summed E-state index contributed by atoms with van der Waals surface area (Å²) in [7, 11) is -4.84. The van der Waals surface area contributed by atoms with Gasteiger partial charge < -0.3 is 10.2 Å². The zero-order valence-corrected chi connectivity index (χ0v) is 15.0. The topological polar surface area (TPSA) is 146 Å². The van der Waals surface area contributed by atoms with E-state index in [-0.39, 0.29) is 31.7 Å². The summed E-state index contributed by atoms with van der Waals surface area (Å²) in [5, 5.41) is 3.08.